The molecule has 0 radical (unpaired) electrons. The molecule has 0 saturated heterocycles. The minimum absolute atomic E-state index is 0.0973. The van der Waals surface area contributed by atoms with Gasteiger partial charge in [-0.15, -0.1) is 10.2 Å². The molecular formula is C24H25N5O4S. The van der Waals surface area contributed by atoms with Crippen molar-refractivity contribution in [3.63, 3.8) is 0 Å². The van der Waals surface area contributed by atoms with Crippen molar-refractivity contribution >= 4 is 39.7 Å². The van der Waals surface area contributed by atoms with Gasteiger partial charge in [0.2, 0.25) is 10.9 Å². The lowest BCUT2D eigenvalue weighted by Crippen LogP contribution is -2.29. The van der Waals surface area contributed by atoms with E-state index in [1.54, 1.807) is 31.4 Å². The smallest absolute Gasteiger partial charge is 0.286 e. The van der Waals surface area contributed by atoms with Crippen molar-refractivity contribution in [3.8, 4) is 5.75 Å². The molecule has 34 heavy (non-hydrogen) atoms. The lowest BCUT2D eigenvalue weighted by Gasteiger charge is -2.05. The van der Waals surface area contributed by atoms with Crippen LogP contribution in [-0.2, 0) is 22.6 Å². The Kier molecular flexibility index (Phi) is 7.51. The highest BCUT2D eigenvalue weighted by Crippen LogP contribution is 2.20. The van der Waals surface area contributed by atoms with E-state index in [9.17, 15) is 9.59 Å². The van der Waals surface area contributed by atoms with Crippen molar-refractivity contribution in [2.75, 3.05) is 25.6 Å². The molecule has 0 spiro atoms. The van der Waals surface area contributed by atoms with Crippen LogP contribution in [0.2, 0.25) is 0 Å². The van der Waals surface area contributed by atoms with Crippen LogP contribution in [0.15, 0.2) is 48.7 Å². The molecule has 176 valence electrons. The zero-order valence-corrected chi connectivity index (χ0v) is 19.7. The van der Waals surface area contributed by atoms with E-state index in [2.05, 4.69) is 50.9 Å². The minimum atomic E-state index is -0.362. The number of aromatic nitrogens is 3. The molecule has 10 heteroatoms. The zero-order valence-electron chi connectivity index (χ0n) is 18.9. The van der Waals surface area contributed by atoms with Crippen LogP contribution < -0.4 is 15.4 Å². The summed E-state index contributed by atoms with van der Waals surface area (Å²) in [6.07, 6.45) is 2.70. The highest BCUT2D eigenvalue weighted by Gasteiger charge is 2.14. The molecule has 4 rings (SSSR count). The second-order valence-electron chi connectivity index (χ2n) is 7.64. The first-order chi connectivity index (χ1) is 16.5. The molecule has 0 bridgehead atoms. The maximum absolute atomic E-state index is 12.3. The molecule has 2 aromatic heterocycles. The summed E-state index contributed by atoms with van der Waals surface area (Å²) >= 11 is 1.12. The number of methoxy groups -OCH3 is 1. The zero-order chi connectivity index (χ0) is 23.9. The molecule has 0 aliphatic rings. The van der Waals surface area contributed by atoms with E-state index in [1.807, 2.05) is 6.20 Å². The monoisotopic (exact) mass is 479 g/mol. The Labute approximate surface area is 200 Å². The van der Waals surface area contributed by atoms with Crippen molar-refractivity contribution < 1.29 is 19.1 Å². The van der Waals surface area contributed by atoms with Crippen molar-refractivity contribution in [1.82, 2.24) is 20.5 Å². The fraction of sp³-hybridized carbons (Fsp3) is 0.250. The average Bonchev–Trinajstić information content (AvgIpc) is 3.47. The number of carbonyl (C=O) groups is 2. The van der Waals surface area contributed by atoms with Crippen molar-refractivity contribution in [1.29, 1.82) is 0 Å². The number of aryl methyl sites for hydroxylation is 1. The fourth-order valence-corrected chi connectivity index (χ4v) is 4.05. The number of nitrogens with zero attached hydrogens (tertiary/aromatic N) is 2. The number of carbonyl (C=O) groups excluding carboxylic acids is 2. The fourth-order valence-electron chi connectivity index (χ4n) is 3.38. The molecule has 2 amide bonds. The van der Waals surface area contributed by atoms with E-state index in [4.69, 9.17) is 9.47 Å². The molecule has 0 aliphatic carbocycles. The molecule has 2 heterocycles. The van der Waals surface area contributed by atoms with Gasteiger partial charge >= 0.3 is 0 Å². The van der Waals surface area contributed by atoms with Gasteiger partial charge in [0, 0.05) is 29.3 Å². The summed E-state index contributed by atoms with van der Waals surface area (Å²) in [5.74, 6) is 0.127. The molecule has 0 aliphatic heterocycles. The van der Waals surface area contributed by atoms with E-state index in [0.717, 1.165) is 28.8 Å². The van der Waals surface area contributed by atoms with Crippen LogP contribution in [0.25, 0.3) is 10.9 Å². The first kappa shape index (κ1) is 23.4. The lowest BCUT2D eigenvalue weighted by atomic mass is 10.1. The van der Waals surface area contributed by atoms with Crippen LogP contribution >= 0.6 is 11.3 Å². The second-order valence-corrected chi connectivity index (χ2v) is 8.70. The topological polar surface area (TPSA) is 118 Å². The summed E-state index contributed by atoms with van der Waals surface area (Å²) in [5.41, 5.74) is 4.07. The largest absolute Gasteiger partial charge is 0.497 e. The van der Waals surface area contributed by atoms with E-state index in [1.165, 1.54) is 10.9 Å². The Morgan fingerprint density at radius 2 is 1.94 bits per heavy atom. The number of fused-ring (bicyclic) bond motifs is 1. The van der Waals surface area contributed by atoms with Gasteiger partial charge in [-0.05, 0) is 55.3 Å². The molecule has 2 aromatic carbocycles. The van der Waals surface area contributed by atoms with Gasteiger partial charge in [-0.2, -0.15) is 0 Å². The number of aromatic amines is 1. The summed E-state index contributed by atoms with van der Waals surface area (Å²) < 4.78 is 10.5. The summed E-state index contributed by atoms with van der Waals surface area (Å²) in [6, 6.07) is 13.2. The molecule has 0 unspecified atom stereocenters. The molecule has 0 atom stereocenters. The lowest BCUT2D eigenvalue weighted by molar-refractivity contribution is -0.126. The SMILES string of the molecule is COc1ccc(NC(=O)c2nnc(COCC(=O)NCCc3c[nH]c4ccc(C)cc34)s2)cc1. The summed E-state index contributed by atoms with van der Waals surface area (Å²) in [5, 5.41) is 15.4. The summed E-state index contributed by atoms with van der Waals surface area (Å²) in [6.45, 7) is 2.57. The number of rotatable bonds is 10. The van der Waals surface area contributed by atoms with Gasteiger partial charge in [0.1, 0.15) is 24.0 Å². The Balaban J connectivity index is 1.18. The standard InChI is InChI=1S/C24H25N5O4S/c1-15-3-8-20-19(11-15)16(12-26-20)9-10-25-21(30)13-33-14-22-28-29-24(34-22)23(31)27-17-4-6-18(32-2)7-5-17/h3-8,11-12,26H,9-10,13-14H2,1-2H3,(H,25,30)(H,27,31). The Morgan fingerprint density at radius 1 is 1.12 bits per heavy atom. The molecule has 0 fully saturated rings. The number of H-pyrrole nitrogens is 1. The quantitative estimate of drug-likeness (QED) is 0.321. The number of benzene rings is 2. The third-order valence-electron chi connectivity index (χ3n) is 5.11. The molecular weight excluding hydrogens is 454 g/mol. The van der Waals surface area contributed by atoms with Crippen LogP contribution in [0, 0.1) is 6.92 Å². The third-order valence-corrected chi connectivity index (χ3v) is 6.00. The van der Waals surface area contributed by atoms with Gasteiger partial charge in [0.05, 0.1) is 7.11 Å². The van der Waals surface area contributed by atoms with Gasteiger partial charge < -0.3 is 25.1 Å². The number of nitrogens with one attached hydrogen (secondary N) is 3. The van der Waals surface area contributed by atoms with Gasteiger partial charge in [-0.3, -0.25) is 9.59 Å². The average molecular weight is 480 g/mol. The van der Waals surface area contributed by atoms with Crippen LogP contribution in [0.1, 0.15) is 25.9 Å². The molecule has 9 nitrogen and oxygen atoms in total. The van der Waals surface area contributed by atoms with E-state index in [0.29, 0.717) is 23.0 Å². The number of ether oxygens (including phenoxy) is 2. The minimum Gasteiger partial charge on any atom is -0.497 e. The normalized spacial score (nSPS) is 10.9. The van der Waals surface area contributed by atoms with E-state index < -0.39 is 0 Å². The van der Waals surface area contributed by atoms with Gasteiger partial charge in [0.15, 0.2) is 0 Å². The van der Waals surface area contributed by atoms with Crippen LogP contribution in [-0.4, -0.2) is 47.3 Å². The van der Waals surface area contributed by atoms with Crippen LogP contribution in [0.4, 0.5) is 5.69 Å². The highest BCUT2D eigenvalue weighted by atomic mass is 32.1. The van der Waals surface area contributed by atoms with Gasteiger partial charge in [-0.1, -0.05) is 23.0 Å². The maximum Gasteiger partial charge on any atom is 0.286 e. The third kappa shape index (κ3) is 5.97. The summed E-state index contributed by atoms with van der Waals surface area (Å²) in [4.78, 5) is 27.7. The summed E-state index contributed by atoms with van der Waals surface area (Å²) in [7, 11) is 1.58. The maximum atomic E-state index is 12.3. The second kappa shape index (κ2) is 10.9. The number of anilines is 1. The first-order valence-electron chi connectivity index (χ1n) is 10.7. The Hall–Kier alpha value is -3.76. The molecule has 4 aromatic rings. The van der Waals surface area contributed by atoms with Gasteiger partial charge in [-0.25, -0.2) is 0 Å². The molecule has 3 N–H and O–H groups in total. The Bertz CT molecular complexity index is 1280. The number of hydrogen-bond acceptors (Lipinski definition) is 7. The van der Waals surface area contributed by atoms with E-state index >= 15 is 0 Å². The predicted molar refractivity (Wildman–Crippen MR) is 130 cm³/mol. The first-order valence-corrected chi connectivity index (χ1v) is 11.5. The number of hydrogen-bond donors (Lipinski definition) is 3. The van der Waals surface area contributed by atoms with Gasteiger partial charge in [0.25, 0.3) is 5.91 Å². The molecule has 0 saturated carbocycles. The van der Waals surface area contributed by atoms with E-state index in [-0.39, 0.29) is 30.0 Å². The Morgan fingerprint density at radius 3 is 2.74 bits per heavy atom. The highest BCUT2D eigenvalue weighted by molar-refractivity contribution is 7.13. The van der Waals surface area contributed by atoms with Crippen molar-refractivity contribution in [2.45, 2.75) is 20.0 Å². The van der Waals surface area contributed by atoms with Crippen LogP contribution in [0.5, 0.6) is 5.75 Å². The van der Waals surface area contributed by atoms with Crippen molar-refractivity contribution in [2.24, 2.45) is 0 Å². The number of amides is 2. The predicted octanol–water partition coefficient (Wildman–Crippen LogP) is 3.46. The van der Waals surface area contributed by atoms with Crippen molar-refractivity contribution in [3.05, 3.63) is 69.8 Å². The van der Waals surface area contributed by atoms with Crippen LogP contribution in [0.3, 0.4) is 0 Å².